The molecule has 0 spiro atoms. The van der Waals surface area contributed by atoms with Gasteiger partial charge in [0.05, 0.1) is 0 Å². The number of hydrogen-bond acceptors (Lipinski definition) is 3. The van der Waals surface area contributed by atoms with Crippen LogP contribution in [0.15, 0.2) is 61.2 Å². The molecule has 128 valence electrons. The quantitative estimate of drug-likeness (QED) is 0.430. The highest BCUT2D eigenvalue weighted by atomic mass is 16.2. The number of hydrogen-bond donors (Lipinski definition) is 3. The lowest BCUT2D eigenvalue weighted by atomic mass is 10.1. The Labute approximate surface area is 145 Å². The number of benzene rings is 2. The van der Waals surface area contributed by atoms with E-state index in [1.54, 1.807) is 54.6 Å². The summed E-state index contributed by atoms with van der Waals surface area (Å²) in [4.78, 5) is 35.6. The summed E-state index contributed by atoms with van der Waals surface area (Å²) in [6, 6.07) is 12.9. The molecule has 0 heterocycles. The van der Waals surface area contributed by atoms with Gasteiger partial charge in [0.1, 0.15) is 0 Å². The Morgan fingerprint density at radius 1 is 0.920 bits per heavy atom. The van der Waals surface area contributed by atoms with Crippen molar-refractivity contribution in [3.05, 3.63) is 72.3 Å². The molecule has 3 amide bonds. The molecular formula is C19H19N3O3. The number of aryl methyl sites for hydroxylation is 1. The highest BCUT2D eigenvalue weighted by molar-refractivity contribution is 6.46. The number of rotatable bonds is 6. The summed E-state index contributed by atoms with van der Waals surface area (Å²) in [5.74, 6) is -1.32. The topological polar surface area (TPSA) is 87.3 Å². The van der Waals surface area contributed by atoms with E-state index in [0.717, 1.165) is 5.56 Å². The SMILES string of the molecule is C=CCNC(=O)Nc1ccc(NC(=O)C(=O)c2ccc(C)cc2)cc1. The fraction of sp³-hybridized carbons (Fsp3) is 0.105. The van der Waals surface area contributed by atoms with E-state index < -0.39 is 11.7 Å². The maximum Gasteiger partial charge on any atom is 0.319 e. The first-order valence-electron chi connectivity index (χ1n) is 7.68. The molecule has 0 unspecified atom stereocenters. The third-order valence-electron chi connectivity index (χ3n) is 3.33. The Hall–Kier alpha value is -3.41. The zero-order valence-electron chi connectivity index (χ0n) is 13.8. The molecule has 0 radical (unpaired) electrons. The fourth-order valence-electron chi connectivity index (χ4n) is 2.00. The predicted molar refractivity (Wildman–Crippen MR) is 97.8 cm³/mol. The fourth-order valence-corrected chi connectivity index (χ4v) is 2.00. The molecule has 2 aromatic carbocycles. The van der Waals surface area contributed by atoms with Gasteiger partial charge in [-0.25, -0.2) is 4.79 Å². The van der Waals surface area contributed by atoms with Crippen LogP contribution in [-0.2, 0) is 4.79 Å². The van der Waals surface area contributed by atoms with Gasteiger partial charge in [-0.2, -0.15) is 0 Å². The molecule has 0 aromatic heterocycles. The van der Waals surface area contributed by atoms with E-state index >= 15 is 0 Å². The van der Waals surface area contributed by atoms with Crippen molar-refractivity contribution < 1.29 is 14.4 Å². The second-order valence-electron chi connectivity index (χ2n) is 5.35. The first kappa shape index (κ1) is 17.9. The van der Waals surface area contributed by atoms with Crippen molar-refractivity contribution in [3.8, 4) is 0 Å². The molecule has 0 aliphatic carbocycles. The summed E-state index contributed by atoms with van der Waals surface area (Å²) in [5.41, 5.74) is 2.37. The van der Waals surface area contributed by atoms with Gasteiger partial charge in [-0.3, -0.25) is 9.59 Å². The Morgan fingerprint density at radius 3 is 2.04 bits per heavy atom. The monoisotopic (exact) mass is 337 g/mol. The molecule has 0 bridgehead atoms. The molecule has 0 saturated carbocycles. The molecule has 0 saturated heterocycles. The van der Waals surface area contributed by atoms with Crippen molar-refractivity contribution >= 4 is 29.1 Å². The maximum atomic E-state index is 12.1. The normalized spacial score (nSPS) is 9.80. The standard InChI is InChI=1S/C19H19N3O3/c1-3-12-20-19(25)22-16-10-8-15(9-11-16)21-18(24)17(23)14-6-4-13(2)5-7-14/h3-11H,1,12H2,2H3,(H,21,24)(H2,20,22,25). The van der Waals surface area contributed by atoms with E-state index in [1.807, 2.05) is 6.92 Å². The van der Waals surface area contributed by atoms with Crippen LogP contribution in [0.3, 0.4) is 0 Å². The summed E-state index contributed by atoms with van der Waals surface area (Å²) in [6.07, 6.45) is 1.57. The average Bonchev–Trinajstić information content (AvgIpc) is 2.61. The third-order valence-corrected chi connectivity index (χ3v) is 3.33. The lowest BCUT2D eigenvalue weighted by molar-refractivity contribution is -0.112. The molecule has 2 rings (SSSR count). The van der Waals surface area contributed by atoms with Gasteiger partial charge >= 0.3 is 6.03 Å². The van der Waals surface area contributed by atoms with Crippen LogP contribution in [0.25, 0.3) is 0 Å². The number of carbonyl (C=O) groups excluding carboxylic acids is 3. The first-order chi connectivity index (χ1) is 12.0. The van der Waals surface area contributed by atoms with Crippen LogP contribution in [0, 0.1) is 6.92 Å². The number of amides is 3. The molecule has 0 fully saturated rings. The Balaban J connectivity index is 1.95. The summed E-state index contributed by atoms with van der Waals surface area (Å²) in [6.45, 7) is 5.78. The number of carbonyl (C=O) groups is 3. The summed E-state index contributed by atoms with van der Waals surface area (Å²) >= 11 is 0. The van der Waals surface area contributed by atoms with Crippen LogP contribution in [-0.4, -0.2) is 24.3 Å². The van der Waals surface area contributed by atoms with Crippen molar-refractivity contribution in [2.75, 3.05) is 17.2 Å². The molecule has 3 N–H and O–H groups in total. The van der Waals surface area contributed by atoms with E-state index in [4.69, 9.17) is 0 Å². The third kappa shape index (κ3) is 5.31. The molecule has 0 atom stereocenters. The van der Waals surface area contributed by atoms with Gasteiger partial charge in [-0.05, 0) is 31.2 Å². The first-order valence-corrected chi connectivity index (χ1v) is 7.68. The van der Waals surface area contributed by atoms with Gasteiger partial charge in [-0.15, -0.1) is 6.58 Å². The molecule has 2 aromatic rings. The summed E-state index contributed by atoms with van der Waals surface area (Å²) in [5, 5.41) is 7.76. The van der Waals surface area contributed by atoms with Crippen LogP contribution in [0.1, 0.15) is 15.9 Å². The van der Waals surface area contributed by atoms with Crippen LogP contribution in [0.5, 0.6) is 0 Å². The smallest absolute Gasteiger partial charge is 0.319 e. The zero-order valence-corrected chi connectivity index (χ0v) is 13.8. The van der Waals surface area contributed by atoms with E-state index in [0.29, 0.717) is 23.5 Å². The summed E-state index contributed by atoms with van der Waals surface area (Å²) in [7, 11) is 0. The van der Waals surface area contributed by atoms with E-state index in [-0.39, 0.29) is 6.03 Å². The number of ketones is 1. The molecular weight excluding hydrogens is 318 g/mol. The second-order valence-corrected chi connectivity index (χ2v) is 5.35. The number of anilines is 2. The van der Waals surface area contributed by atoms with Gasteiger partial charge in [0.15, 0.2) is 0 Å². The van der Waals surface area contributed by atoms with Crippen molar-refractivity contribution in [3.63, 3.8) is 0 Å². The number of urea groups is 1. The Kier molecular flexibility index (Phi) is 6.06. The highest BCUT2D eigenvalue weighted by Gasteiger charge is 2.16. The average molecular weight is 337 g/mol. The van der Waals surface area contributed by atoms with Gasteiger partial charge in [0.25, 0.3) is 11.7 Å². The lowest BCUT2D eigenvalue weighted by Crippen LogP contribution is -2.28. The predicted octanol–water partition coefficient (Wildman–Crippen LogP) is 3.12. The second kappa shape index (κ2) is 8.44. The lowest BCUT2D eigenvalue weighted by Gasteiger charge is -2.08. The number of Topliss-reactive ketones (excluding diaryl/α,β-unsaturated/α-hetero) is 1. The van der Waals surface area contributed by atoms with Crippen molar-refractivity contribution in [2.24, 2.45) is 0 Å². The van der Waals surface area contributed by atoms with Crippen molar-refractivity contribution in [1.82, 2.24) is 5.32 Å². The van der Waals surface area contributed by atoms with Crippen LogP contribution in [0.4, 0.5) is 16.2 Å². The zero-order chi connectivity index (χ0) is 18.2. The van der Waals surface area contributed by atoms with Crippen molar-refractivity contribution in [2.45, 2.75) is 6.92 Å². The molecule has 6 heteroatoms. The van der Waals surface area contributed by atoms with Gasteiger partial charge in [0.2, 0.25) is 0 Å². The minimum absolute atomic E-state index is 0.334. The van der Waals surface area contributed by atoms with Gasteiger partial charge in [-0.1, -0.05) is 35.9 Å². The van der Waals surface area contributed by atoms with E-state index in [1.165, 1.54) is 0 Å². The molecule has 0 aliphatic heterocycles. The highest BCUT2D eigenvalue weighted by Crippen LogP contribution is 2.14. The minimum atomic E-state index is -0.715. The minimum Gasteiger partial charge on any atom is -0.334 e. The van der Waals surface area contributed by atoms with Crippen LogP contribution in [0.2, 0.25) is 0 Å². The van der Waals surface area contributed by atoms with Gasteiger partial charge < -0.3 is 16.0 Å². The van der Waals surface area contributed by atoms with E-state index in [2.05, 4.69) is 22.5 Å². The summed E-state index contributed by atoms with van der Waals surface area (Å²) < 4.78 is 0. The van der Waals surface area contributed by atoms with Crippen LogP contribution >= 0.6 is 0 Å². The maximum absolute atomic E-state index is 12.1. The largest absolute Gasteiger partial charge is 0.334 e. The Morgan fingerprint density at radius 2 is 1.48 bits per heavy atom. The molecule has 0 aliphatic rings. The van der Waals surface area contributed by atoms with Crippen molar-refractivity contribution in [1.29, 1.82) is 0 Å². The van der Waals surface area contributed by atoms with E-state index in [9.17, 15) is 14.4 Å². The van der Waals surface area contributed by atoms with Gasteiger partial charge in [0, 0.05) is 23.5 Å². The number of nitrogens with one attached hydrogen (secondary N) is 3. The molecule has 25 heavy (non-hydrogen) atoms. The molecule has 6 nitrogen and oxygen atoms in total. The van der Waals surface area contributed by atoms with Crippen LogP contribution < -0.4 is 16.0 Å². The Bertz CT molecular complexity index is 781.